The van der Waals surface area contributed by atoms with E-state index in [4.69, 9.17) is 4.74 Å². The van der Waals surface area contributed by atoms with E-state index >= 15 is 0 Å². The predicted molar refractivity (Wildman–Crippen MR) is 114 cm³/mol. The SMILES string of the molecule is CCNC(=NCCc1nc(C(F)(F)F)cs1)NCCNC(=O)OC(C)(C)C.I. The molecule has 0 bridgehead atoms. The second kappa shape index (κ2) is 12.3. The zero-order valence-electron chi connectivity index (χ0n) is 16.3. The maximum absolute atomic E-state index is 12.5. The van der Waals surface area contributed by atoms with E-state index in [1.165, 1.54) is 0 Å². The van der Waals surface area contributed by atoms with E-state index in [-0.39, 0.29) is 24.0 Å². The molecular formula is C16H27F3IN5O2S. The number of aromatic nitrogens is 1. The van der Waals surface area contributed by atoms with Crippen LogP contribution >= 0.6 is 35.3 Å². The molecule has 12 heteroatoms. The quantitative estimate of drug-likeness (QED) is 0.215. The van der Waals surface area contributed by atoms with Gasteiger partial charge in [0.2, 0.25) is 0 Å². The fourth-order valence-electron chi connectivity index (χ4n) is 1.82. The van der Waals surface area contributed by atoms with E-state index in [0.717, 1.165) is 16.7 Å². The van der Waals surface area contributed by atoms with Gasteiger partial charge in [0, 0.05) is 38.0 Å². The highest BCUT2D eigenvalue weighted by atomic mass is 127. The van der Waals surface area contributed by atoms with Crippen LogP contribution in [0, 0.1) is 0 Å². The van der Waals surface area contributed by atoms with Crippen molar-refractivity contribution in [2.45, 2.75) is 45.9 Å². The molecular weight excluding hydrogens is 510 g/mol. The predicted octanol–water partition coefficient (Wildman–Crippen LogP) is 3.40. The van der Waals surface area contributed by atoms with Gasteiger partial charge in [0.05, 0.1) is 5.01 Å². The number of alkyl halides is 3. The lowest BCUT2D eigenvalue weighted by molar-refractivity contribution is -0.140. The molecule has 0 radical (unpaired) electrons. The van der Waals surface area contributed by atoms with Crippen LogP contribution in [0.5, 0.6) is 0 Å². The Morgan fingerprint density at radius 3 is 2.39 bits per heavy atom. The van der Waals surface area contributed by atoms with Gasteiger partial charge < -0.3 is 20.7 Å². The van der Waals surface area contributed by atoms with E-state index in [9.17, 15) is 18.0 Å². The van der Waals surface area contributed by atoms with Gasteiger partial charge in [0.25, 0.3) is 0 Å². The second-order valence-corrected chi connectivity index (χ2v) is 7.43. The number of rotatable bonds is 7. The Kier molecular flexibility index (Phi) is 11.7. The van der Waals surface area contributed by atoms with Gasteiger partial charge in [-0.2, -0.15) is 13.2 Å². The first-order valence-corrected chi connectivity index (χ1v) is 9.40. The molecule has 1 aromatic heterocycles. The normalized spacial score (nSPS) is 12.2. The number of alkyl carbamates (subject to hydrolysis) is 1. The minimum Gasteiger partial charge on any atom is -0.444 e. The minimum absolute atomic E-state index is 0. The summed E-state index contributed by atoms with van der Waals surface area (Å²) in [7, 11) is 0. The lowest BCUT2D eigenvalue weighted by atomic mass is 10.2. The van der Waals surface area contributed by atoms with Gasteiger partial charge in [-0.1, -0.05) is 0 Å². The van der Waals surface area contributed by atoms with E-state index in [1.54, 1.807) is 20.8 Å². The van der Waals surface area contributed by atoms with Crippen LogP contribution in [-0.2, 0) is 17.3 Å². The summed E-state index contributed by atoms with van der Waals surface area (Å²) in [6.07, 6.45) is -4.61. The van der Waals surface area contributed by atoms with E-state index < -0.39 is 23.6 Å². The number of hydrogen-bond acceptors (Lipinski definition) is 5. The Bertz CT molecular complexity index is 633. The topological polar surface area (TPSA) is 87.6 Å². The molecule has 0 fully saturated rings. The number of carbonyl (C=O) groups is 1. The van der Waals surface area contributed by atoms with Gasteiger partial charge in [0.15, 0.2) is 11.7 Å². The van der Waals surface area contributed by atoms with Crippen molar-refractivity contribution < 1.29 is 22.7 Å². The van der Waals surface area contributed by atoms with Crippen LogP contribution in [-0.4, -0.2) is 48.8 Å². The van der Waals surface area contributed by atoms with Crippen molar-refractivity contribution in [3.8, 4) is 0 Å². The fraction of sp³-hybridized carbons (Fsp3) is 0.688. The number of halogens is 4. The van der Waals surface area contributed by atoms with Crippen LogP contribution in [0.15, 0.2) is 10.4 Å². The molecule has 0 aliphatic heterocycles. The van der Waals surface area contributed by atoms with Crippen molar-refractivity contribution in [3.05, 3.63) is 16.1 Å². The maximum Gasteiger partial charge on any atom is 0.434 e. The average Bonchev–Trinajstić information content (AvgIpc) is 2.99. The first kappa shape index (κ1) is 26.7. The fourth-order valence-corrected chi connectivity index (χ4v) is 2.61. The number of guanidine groups is 1. The summed E-state index contributed by atoms with van der Waals surface area (Å²) in [6.45, 7) is 8.90. The molecule has 0 aromatic carbocycles. The highest BCUT2D eigenvalue weighted by molar-refractivity contribution is 14.0. The van der Waals surface area contributed by atoms with Gasteiger partial charge >= 0.3 is 12.3 Å². The zero-order chi connectivity index (χ0) is 20.5. The first-order chi connectivity index (χ1) is 12.5. The maximum atomic E-state index is 12.5. The molecule has 3 N–H and O–H groups in total. The number of nitrogens with zero attached hydrogens (tertiary/aromatic N) is 2. The number of hydrogen-bond donors (Lipinski definition) is 3. The molecule has 0 saturated carbocycles. The Hall–Kier alpha value is -1.31. The minimum atomic E-state index is -4.42. The summed E-state index contributed by atoms with van der Waals surface area (Å²) in [6, 6.07) is 0. The third-order valence-corrected chi connectivity index (χ3v) is 3.78. The number of aliphatic imine (C=N–C) groups is 1. The molecule has 162 valence electrons. The summed E-state index contributed by atoms with van der Waals surface area (Å²) in [5.74, 6) is 0.510. The Labute approximate surface area is 183 Å². The van der Waals surface area contributed by atoms with Crippen LogP contribution in [0.3, 0.4) is 0 Å². The van der Waals surface area contributed by atoms with Crippen LogP contribution in [0.2, 0.25) is 0 Å². The summed E-state index contributed by atoms with van der Waals surface area (Å²) in [4.78, 5) is 19.4. The number of nitrogens with one attached hydrogen (secondary N) is 3. The zero-order valence-corrected chi connectivity index (χ0v) is 19.4. The van der Waals surface area contributed by atoms with Crippen molar-refractivity contribution in [3.63, 3.8) is 0 Å². The smallest absolute Gasteiger partial charge is 0.434 e. The van der Waals surface area contributed by atoms with Gasteiger partial charge in [0.1, 0.15) is 5.60 Å². The molecule has 28 heavy (non-hydrogen) atoms. The van der Waals surface area contributed by atoms with Crippen molar-refractivity contribution in [2.24, 2.45) is 4.99 Å². The average molecular weight is 537 g/mol. The van der Waals surface area contributed by atoms with Crippen molar-refractivity contribution in [1.29, 1.82) is 0 Å². The molecule has 0 aliphatic rings. The largest absolute Gasteiger partial charge is 0.444 e. The lowest BCUT2D eigenvalue weighted by Gasteiger charge is -2.19. The third-order valence-electron chi connectivity index (χ3n) is 2.87. The molecule has 0 aliphatic carbocycles. The van der Waals surface area contributed by atoms with Gasteiger partial charge in [-0.05, 0) is 27.7 Å². The number of thiazole rings is 1. The van der Waals surface area contributed by atoms with Crippen molar-refractivity contribution in [1.82, 2.24) is 20.9 Å². The van der Waals surface area contributed by atoms with Crippen LogP contribution < -0.4 is 16.0 Å². The van der Waals surface area contributed by atoms with Crippen LogP contribution in [0.4, 0.5) is 18.0 Å². The van der Waals surface area contributed by atoms with E-state index in [2.05, 4.69) is 25.9 Å². The molecule has 7 nitrogen and oxygen atoms in total. The lowest BCUT2D eigenvalue weighted by Crippen LogP contribution is -2.42. The van der Waals surface area contributed by atoms with Crippen LogP contribution in [0.25, 0.3) is 0 Å². The summed E-state index contributed by atoms with van der Waals surface area (Å²) in [5, 5.41) is 10.1. The van der Waals surface area contributed by atoms with Gasteiger partial charge in [-0.3, -0.25) is 4.99 Å². The molecule has 0 atom stereocenters. The Morgan fingerprint density at radius 2 is 1.86 bits per heavy atom. The molecule has 1 aromatic rings. The summed E-state index contributed by atoms with van der Waals surface area (Å²) >= 11 is 0.968. The molecule has 0 unspecified atom stereocenters. The molecule has 1 rings (SSSR count). The molecule has 0 spiro atoms. The van der Waals surface area contributed by atoms with Gasteiger partial charge in [-0.25, -0.2) is 9.78 Å². The molecule has 0 saturated heterocycles. The number of ether oxygens (including phenoxy) is 1. The monoisotopic (exact) mass is 537 g/mol. The van der Waals surface area contributed by atoms with Gasteiger partial charge in [-0.15, -0.1) is 35.3 Å². The van der Waals surface area contributed by atoms with Crippen molar-refractivity contribution in [2.75, 3.05) is 26.2 Å². The first-order valence-electron chi connectivity index (χ1n) is 8.52. The Morgan fingerprint density at radius 1 is 1.21 bits per heavy atom. The molecule has 1 amide bonds. The van der Waals surface area contributed by atoms with Crippen LogP contribution in [0.1, 0.15) is 38.4 Å². The van der Waals surface area contributed by atoms with E-state index in [0.29, 0.717) is 43.6 Å². The summed E-state index contributed by atoms with van der Waals surface area (Å²) in [5.41, 5.74) is -1.43. The third kappa shape index (κ3) is 11.5. The van der Waals surface area contributed by atoms with Crippen molar-refractivity contribution >= 4 is 47.4 Å². The molecule has 1 heterocycles. The highest BCUT2D eigenvalue weighted by Gasteiger charge is 2.33. The highest BCUT2D eigenvalue weighted by Crippen LogP contribution is 2.30. The summed E-state index contributed by atoms with van der Waals surface area (Å²) < 4.78 is 42.7. The van der Waals surface area contributed by atoms with E-state index in [1.807, 2.05) is 6.92 Å². The standard InChI is InChI=1S/C16H26F3N5O2S.HI/c1-5-20-13(22-8-9-23-14(25)26-15(2,3)4)21-7-6-12-24-11(10-27-12)16(17,18)19;/h10H,5-9H2,1-4H3,(H,23,25)(H2,20,21,22);1H. The Balaban J connectivity index is 0.00000729. The number of carbonyl (C=O) groups excluding carboxylic acids is 1. The number of amides is 1. The second-order valence-electron chi connectivity index (χ2n) is 6.49.